The smallest absolute Gasteiger partial charge is 0.410 e. The van der Waals surface area contributed by atoms with E-state index in [1.54, 1.807) is 11.8 Å². The zero-order chi connectivity index (χ0) is 24.5. The van der Waals surface area contributed by atoms with Gasteiger partial charge in [-0.3, -0.25) is 4.79 Å². The highest BCUT2D eigenvalue weighted by atomic mass is 32.2. The lowest BCUT2D eigenvalue weighted by Crippen LogP contribution is -2.39. The van der Waals surface area contributed by atoms with Gasteiger partial charge in [-0.15, -0.1) is 11.8 Å². The highest BCUT2D eigenvalue weighted by Gasteiger charge is 2.39. The number of amides is 1. The molecule has 1 heterocycles. The van der Waals surface area contributed by atoms with Crippen molar-refractivity contribution in [3.8, 4) is 5.75 Å². The lowest BCUT2D eigenvalue weighted by Gasteiger charge is -2.30. The van der Waals surface area contributed by atoms with Gasteiger partial charge in [0.25, 0.3) is 0 Å². The zero-order valence-electron chi connectivity index (χ0n) is 19.4. The van der Waals surface area contributed by atoms with Gasteiger partial charge in [0.05, 0.1) is 12.6 Å². The van der Waals surface area contributed by atoms with Crippen molar-refractivity contribution in [1.82, 2.24) is 4.90 Å². The van der Waals surface area contributed by atoms with Crippen LogP contribution in [0.15, 0.2) is 89.8 Å². The van der Waals surface area contributed by atoms with Gasteiger partial charge in [-0.2, -0.15) is 0 Å². The minimum absolute atomic E-state index is 0.0244. The van der Waals surface area contributed by atoms with Crippen LogP contribution in [0.25, 0.3) is 0 Å². The number of hydrogen-bond donors (Lipinski definition) is 1. The van der Waals surface area contributed by atoms with Gasteiger partial charge in [-0.1, -0.05) is 66.7 Å². The third-order valence-electron chi connectivity index (χ3n) is 5.92. The monoisotopic (exact) mass is 491 g/mol. The van der Waals surface area contributed by atoms with Crippen LogP contribution in [-0.4, -0.2) is 53.6 Å². The van der Waals surface area contributed by atoms with Gasteiger partial charge in [0.1, 0.15) is 12.4 Å². The number of carboxylic acid groups (broad SMARTS) is 1. The Labute approximate surface area is 209 Å². The summed E-state index contributed by atoms with van der Waals surface area (Å²) in [5.74, 6) is 0.631. The van der Waals surface area contributed by atoms with Gasteiger partial charge >= 0.3 is 12.1 Å². The van der Waals surface area contributed by atoms with Gasteiger partial charge in [0.2, 0.25) is 0 Å². The summed E-state index contributed by atoms with van der Waals surface area (Å²) in [4.78, 5) is 26.2. The number of carbonyl (C=O) groups is 2. The third-order valence-corrected chi connectivity index (χ3v) is 6.90. The number of rotatable bonds is 12. The number of carbonyl (C=O) groups excluding carboxylic acids is 1. The van der Waals surface area contributed by atoms with Crippen LogP contribution >= 0.6 is 11.8 Å². The molecule has 1 aliphatic rings. The van der Waals surface area contributed by atoms with E-state index in [1.165, 1.54) is 0 Å². The largest absolute Gasteiger partial charge is 0.494 e. The first kappa shape index (κ1) is 24.7. The Morgan fingerprint density at radius 1 is 1.03 bits per heavy atom. The molecule has 0 saturated carbocycles. The molecule has 182 valence electrons. The Balaban J connectivity index is 1.40. The number of nitrogens with zero attached hydrogens (tertiary/aromatic N) is 1. The van der Waals surface area contributed by atoms with Crippen LogP contribution in [0.3, 0.4) is 0 Å². The minimum Gasteiger partial charge on any atom is -0.494 e. The Hall–Kier alpha value is -3.45. The van der Waals surface area contributed by atoms with Crippen molar-refractivity contribution < 1.29 is 24.2 Å². The summed E-state index contributed by atoms with van der Waals surface area (Å²) in [5.41, 5.74) is 2.32. The molecule has 1 N–H and O–H groups in total. The number of benzene rings is 3. The molecule has 35 heavy (non-hydrogen) atoms. The molecule has 1 unspecified atom stereocenters. The molecule has 0 bridgehead atoms. The third kappa shape index (κ3) is 6.79. The van der Waals surface area contributed by atoms with Gasteiger partial charge in [0, 0.05) is 29.5 Å². The maximum Gasteiger partial charge on any atom is 0.410 e. The van der Waals surface area contributed by atoms with Crippen LogP contribution in [0.5, 0.6) is 5.75 Å². The van der Waals surface area contributed by atoms with Crippen LogP contribution in [0.2, 0.25) is 0 Å². The molecule has 0 aliphatic carbocycles. The van der Waals surface area contributed by atoms with Gasteiger partial charge in [0.15, 0.2) is 0 Å². The van der Waals surface area contributed by atoms with Crippen LogP contribution < -0.4 is 4.74 Å². The molecule has 1 fully saturated rings. The van der Waals surface area contributed by atoms with E-state index in [0.29, 0.717) is 37.7 Å². The summed E-state index contributed by atoms with van der Waals surface area (Å²) in [6.07, 6.45) is 0.284. The molecule has 1 aliphatic heterocycles. The van der Waals surface area contributed by atoms with Crippen molar-refractivity contribution in [3.05, 3.63) is 96.1 Å². The number of aliphatic carboxylic acids is 1. The number of ether oxygens (including phenoxy) is 2. The topological polar surface area (TPSA) is 76.1 Å². The quantitative estimate of drug-likeness (QED) is 0.260. The normalized spacial score (nSPS) is 15.3. The van der Waals surface area contributed by atoms with Crippen LogP contribution in [-0.2, 0) is 9.53 Å². The van der Waals surface area contributed by atoms with Crippen molar-refractivity contribution in [2.45, 2.75) is 29.7 Å². The maximum atomic E-state index is 12.7. The highest BCUT2D eigenvalue weighted by molar-refractivity contribution is 7.99. The fraction of sp³-hybridized carbons (Fsp3) is 0.286. The first-order valence-electron chi connectivity index (χ1n) is 11.7. The zero-order valence-corrected chi connectivity index (χ0v) is 20.2. The van der Waals surface area contributed by atoms with Gasteiger partial charge in [-0.25, -0.2) is 4.79 Å². The predicted octanol–water partition coefficient (Wildman–Crippen LogP) is 5.68. The molecule has 7 heteroatoms. The van der Waals surface area contributed by atoms with Gasteiger partial charge in [-0.05, 0) is 35.7 Å². The second-order valence-corrected chi connectivity index (χ2v) is 9.47. The number of carboxylic acids is 1. The second kappa shape index (κ2) is 12.3. The Bertz CT molecular complexity index is 1070. The molecule has 6 nitrogen and oxygen atoms in total. The van der Waals surface area contributed by atoms with Crippen molar-refractivity contribution in [2.75, 3.05) is 25.5 Å². The van der Waals surface area contributed by atoms with E-state index in [-0.39, 0.29) is 24.5 Å². The second-order valence-electron chi connectivity index (χ2n) is 8.31. The standard InChI is InChI=1S/C28H29NO5S/c30-26(31)15-8-17-33-23-13-7-14-24(19-23)35-18-16-29-25(20-34-28(29)32)27(21-9-3-1-4-10-21)22-11-5-2-6-12-22/h1-7,9-14,19,25,27H,8,15-18,20H2,(H,30,31). The maximum absolute atomic E-state index is 12.7. The first-order valence-corrected chi connectivity index (χ1v) is 12.7. The summed E-state index contributed by atoms with van der Waals surface area (Å²) in [7, 11) is 0. The van der Waals surface area contributed by atoms with Crippen LogP contribution in [0, 0.1) is 0 Å². The molecule has 1 atom stereocenters. The summed E-state index contributed by atoms with van der Waals surface area (Å²) in [6, 6.07) is 28.2. The van der Waals surface area contributed by atoms with Crippen LogP contribution in [0.1, 0.15) is 29.9 Å². The molecule has 1 amide bonds. The molecule has 1 saturated heterocycles. The average Bonchev–Trinajstić information content (AvgIpc) is 3.23. The van der Waals surface area contributed by atoms with Crippen molar-refractivity contribution in [2.24, 2.45) is 0 Å². The molecule has 0 radical (unpaired) electrons. The predicted molar refractivity (Wildman–Crippen MR) is 136 cm³/mol. The molecular formula is C28H29NO5S. The lowest BCUT2D eigenvalue weighted by molar-refractivity contribution is -0.137. The first-order chi connectivity index (χ1) is 17.1. The summed E-state index contributed by atoms with van der Waals surface area (Å²) in [6.45, 7) is 1.29. The average molecular weight is 492 g/mol. The van der Waals surface area contributed by atoms with Crippen molar-refractivity contribution >= 4 is 23.8 Å². The summed E-state index contributed by atoms with van der Waals surface area (Å²) >= 11 is 1.65. The molecule has 3 aromatic rings. The molecule has 0 aromatic heterocycles. The number of hydrogen-bond acceptors (Lipinski definition) is 5. The lowest BCUT2D eigenvalue weighted by atomic mass is 9.85. The summed E-state index contributed by atoms with van der Waals surface area (Å²) < 4.78 is 11.2. The van der Waals surface area contributed by atoms with E-state index < -0.39 is 5.97 Å². The highest BCUT2D eigenvalue weighted by Crippen LogP contribution is 2.34. The Kier molecular flexibility index (Phi) is 8.68. The van der Waals surface area contributed by atoms with E-state index in [0.717, 1.165) is 16.0 Å². The van der Waals surface area contributed by atoms with E-state index in [1.807, 2.05) is 65.6 Å². The van der Waals surface area contributed by atoms with Crippen LogP contribution in [0.4, 0.5) is 4.79 Å². The van der Waals surface area contributed by atoms with E-state index in [4.69, 9.17) is 14.6 Å². The number of thioether (sulfide) groups is 1. The fourth-order valence-electron chi connectivity index (χ4n) is 4.28. The molecular weight excluding hydrogens is 462 g/mol. The van der Waals surface area contributed by atoms with E-state index in [9.17, 15) is 9.59 Å². The van der Waals surface area contributed by atoms with E-state index >= 15 is 0 Å². The summed E-state index contributed by atoms with van der Waals surface area (Å²) in [5, 5.41) is 8.75. The minimum atomic E-state index is -0.821. The van der Waals surface area contributed by atoms with Crippen molar-refractivity contribution in [1.29, 1.82) is 0 Å². The Morgan fingerprint density at radius 2 is 1.71 bits per heavy atom. The van der Waals surface area contributed by atoms with Crippen molar-refractivity contribution in [3.63, 3.8) is 0 Å². The molecule has 3 aromatic carbocycles. The number of cyclic esters (lactones) is 1. The molecule has 4 rings (SSSR count). The van der Waals surface area contributed by atoms with E-state index in [2.05, 4.69) is 24.3 Å². The SMILES string of the molecule is O=C(O)CCCOc1cccc(SCCN2C(=O)OCC2C(c2ccccc2)c2ccccc2)c1. The van der Waals surface area contributed by atoms with Gasteiger partial charge < -0.3 is 19.5 Å². The fourth-order valence-corrected chi connectivity index (χ4v) is 5.18. The Morgan fingerprint density at radius 3 is 2.37 bits per heavy atom. The molecule has 0 spiro atoms.